The predicted molar refractivity (Wildman–Crippen MR) is 103 cm³/mol. The molecule has 0 aliphatic heterocycles. The normalized spacial score (nSPS) is 11.4. The van der Waals surface area contributed by atoms with Gasteiger partial charge in [0.2, 0.25) is 0 Å². The first kappa shape index (κ1) is 20.3. The average molecular weight is 371 g/mol. The van der Waals surface area contributed by atoms with Gasteiger partial charge in [-0.05, 0) is 50.1 Å². The Morgan fingerprint density at radius 2 is 1.89 bits per heavy atom. The first-order chi connectivity index (χ1) is 13.0. The Balaban J connectivity index is 1.72. The molecule has 144 valence electrons. The predicted octanol–water partition coefficient (Wildman–Crippen LogP) is 3.73. The molecular formula is C21H25NO5. The molecule has 0 radical (unpaired) electrons. The van der Waals surface area contributed by atoms with E-state index in [2.05, 4.69) is 5.32 Å². The Bertz CT molecular complexity index is 775. The van der Waals surface area contributed by atoms with E-state index in [-0.39, 0.29) is 6.42 Å². The Morgan fingerprint density at radius 1 is 1.11 bits per heavy atom. The van der Waals surface area contributed by atoms with Crippen LogP contribution in [-0.2, 0) is 14.3 Å². The maximum atomic E-state index is 12.2. The molecule has 1 N–H and O–H groups in total. The number of hydrogen-bond donors (Lipinski definition) is 1. The van der Waals surface area contributed by atoms with Crippen LogP contribution in [-0.4, -0.2) is 31.7 Å². The zero-order chi connectivity index (χ0) is 19.6. The monoisotopic (exact) mass is 371 g/mol. The van der Waals surface area contributed by atoms with Crippen LogP contribution in [0.5, 0.6) is 11.5 Å². The standard InChI is InChI=1S/C21H25NO5/c1-15-8-6-9-17(14-15)26-13-7-12-20(23)27-16(2)21(24)22-18-10-4-5-11-19(18)25-3/h4-6,8-11,14,16H,7,12-13H2,1-3H3,(H,22,24)/t16-/m1/s1. The number of para-hydroxylation sites is 2. The van der Waals surface area contributed by atoms with Crippen molar-refractivity contribution in [1.29, 1.82) is 0 Å². The van der Waals surface area contributed by atoms with Crippen LogP contribution in [0.2, 0.25) is 0 Å². The van der Waals surface area contributed by atoms with Gasteiger partial charge in [0.25, 0.3) is 5.91 Å². The SMILES string of the molecule is COc1ccccc1NC(=O)[C@@H](C)OC(=O)CCCOc1cccc(C)c1. The molecule has 6 nitrogen and oxygen atoms in total. The van der Waals surface area contributed by atoms with E-state index in [1.165, 1.54) is 14.0 Å². The summed E-state index contributed by atoms with van der Waals surface area (Å²) < 4.78 is 16.0. The van der Waals surface area contributed by atoms with Crippen LogP contribution < -0.4 is 14.8 Å². The van der Waals surface area contributed by atoms with Crippen LogP contribution in [0, 0.1) is 6.92 Å². The lowest BCUT2D eigenvalue weighted by Crippen LogP contribution is -2.30. The van der Waals surface area contributed by atoms with E-state index in [0.29, 0.717) is 24.5 Å². The minimum absolute atomic E-state index is 0.179. The minimum Gasteiger partial charge on any atom is -0.495 e. The summed E-state index contributed by atoms with van der Waals surface area (Å²) in [4.78, 5) is 24.1. The second kappa shape index (κ2) is 10.2. The molecule has 1 atom stereocenters. The van der Waals surface area contributed by atoms with Gasteiger partial charge < -0.3 is 19.5 Å². The van der Waals surface area contributed by atoms with Crippen molar-refractivity contribution in [3.8, 4) is 11.5 Å². The lowest BCUT2D eigenvalue weighted by molar-refractivity contribution is -0.153. The summed E-state index contributed by atoms with van der Waals surface area (Å²) >= 11 is 0. The fourth-order valence-corrected chi connectivity index (χ4v) is 2.40. The summed E-state index contributed by atoms with van der Waals surface area (Å²) in [5.74, 6) is 0.458. The van der Waals surface area contributed by atoms with E-state index in [9.17, 15) is 9.59 Å². The lowest BCUT2D eigenvalue weighted by atomic mass is 10.2. The largest absolute Gasteiger partial charge is 0.495 e. The number of benzene rings is 2. The van der Waals surface area contributed by atoms with Crippen molar-refractivity contribution in [3.63, 3.8) is 0 Å². The van der Waals surface area contributed by atoms with Gasteiger partial charge in [0.05, 0.1) is 19.4 Å². The van der Waals surface area contributed by atoms with Gasteiger partial charge in [0.15, 0.2) is 6.10 Å². The molecule has 0 saturated carbocycles. The highest BCUT2D eigenvalue weighted by Gasteiger charge is 2.19. The third-order valence-corrected chi connectivity index (χ3v) is 3.83. The number of hydrogen-bond acceptors (Lipinski definition) is 5. The number of methoxy groups -OCH3 is 1. The molecule has 0 heterocycles. The number of carbonyl (C=O) groups excluding carboxylic acids is 2. The fourth-order valence-electron chi connectivity index (χ4n) is 2.40. The van der Waals surface area contributed by atoms with Crippen molar-refractivity contribution in [2.24, 2.45) is 0 Å². The molecule has 0 aromatic heterocycles. The zero-order valence-electron chi connectivity index (χ0n) is 15.9. The number of rotatable bonds is 9. The third kappa shape index (κ3) is 6.66. The molecule has 2 aromatic carbocycles. The highest BCUT2D eigenvalue weighted by molar-refractivity contribution is 5.96. The van der Waals surface area contributed by atoms with Crippen LogP contribution >= 0.6 is 0 Å². The average Bonchev–Trinajstić information content (AvgIpc) is 2.65. The number of aryl methyl sites for hydroxylation is 1. The molecule has 2 rings (SSSR count). The van der Waals surface area contributed by atoms with Crippen molar-refractivity contribution in [2.45, 2.75) is 32.8 Å². The van der Waals surface area contributed by atoms with Crippen molar-refractivity contribution in [1.82, 2.24) is 0 Å². The summed E-state index contributed by atoms with van der Waals surface area (Å²) in [5, 5.41) is 2.69. The third-order valence-electron chi connectivity index (χ3n) is 3.83. The number of nitrogens with one attached hydrogen (secondary N) is 1. The van der Waals surface area contributed by atoms with E-state index >= 15 is 0 Å². The number of esters is 1. The summed E-state index contributed by atoms with van der Waals surface area (Å²) in [6.07, 6.45) is -0.216. The number of carbonyl (C=O) groups is 2. The molecule has 0 aliphatic carbocycles. The maximum absolute atomic E-state index is 12.2. The van der Waals surface area contributed by atoms with E-state index in [4.69, 9.17) is 14.2 Å². The molecule has 0 fully saturated rings. The maximum Gasteiger partial charge on any atom is 0.306 e. The second-order valence-electron chi connectivity index (χ2n) is 6.09. The van der Waals surface area contributed by atoms with Crippen molar-refractivity contribution in [2.75, 3.05) is 19.0 Å². The van der Waals surface area contributed by atoms with Gasteiger partial charge >= 0.3 is 5.97 Å². The first-order valence-corrected chi connectivity index (χ1v) is 8.82. The van der Waals surface area contributed by atoms with E-state index in [1.807, 2.05) is 31.2 Å². The Morgan fingerprint density at radius 3 is 2.63 bits per heavy atom. The van der Waals surface area contributed by atoms with Crippen LogP contribution in [0.4, 0.5) is 5.69 Å². The number of ether oxygens (including phenoxy) is 3. The highest BCUT2D eigenvalue weighted by atomic mass is 16.5. The Kier molecular flexibility index (Phi) is 7.67. The molecule has 0 saturated heterocycles. The molecule has 0 unspecified atom stereocenters. The Hall–Kier alpha value is -3.02. The van der Waals surface area contributed by atoms with Gasteiger partial charge in [-0.2, -0.15) is 0 Å². The molecule has 0 aliphatic rings. The van der Waals surface area contributed by atoms with E-state index in [1.54, 1.807) is 24.3 Å². The molecule has 6 heteroatoms. The Labute approximate surface area is 159 Å². The minimum atomic E-state index is -0.903. The van der Waals surface area contributed by atoms with Gasteiger partial charge in [0, 0.05) is 6.42 Å². The molecular weight excluding hydrogens is 346 g/mol. The first-order valence-electron chi connectivity index (χ1n) is 8.82. The zero-order valence-corrected chi connectivity index (χ0v) is 15.9. The lowest BCUT2D eigenvalue weighted by Gasteiger charge is -2.15. The quantitative estimate of drug-likeness (QED) is 0.537. The smallest absolute Gasteiger partial charge is 0.306 e. The van der Waals surface area contributed by atoms with Gasteiger partial charge in [-0.15, -0.1) is 0 Å². The topological polar surface area (TPSA) is 73.9 Å². The fraction of sp³-hybridized carbons (Fsp3) is 0.333. The summed E-state index contributed by atoms with van der Waals surface area (Å²) in [6.45, 7) is 3.92. The van der Waals surface area contributed by atoms with Crippen LogP contribution in [0.25, 0.3) is 0 Å². The molecule has 1 amide bonds. The number of anilines is 1. The summed E-state index contributed by atoms with van der Waals surface area (Å²) in [5.41, 5.74) is 1.64. The van der Waals surface area contributed by atoms with Crippen LogP contribution in [0.15, 0.2) is 48.5 Å². The highest BCUT2D eigenvalue weighted by Crippen LogP contribution is 2.23. The molecule has 0 spiro atoms. The second-order valence-corrected chi connectivity index (χ2v) is 6.09. The van der Waals surface area contributed by atoms with Gasteiger partial charge in [0.1, 0.15) is 11.5 Å². The van der Waals surface area contributed by atoms with E-state index in [0.717, 1.165) is 11.3 Å². The summed E-state index contributed by atoms with van der Waals surface area (Å²) in [7, 11) is 1.52. The van der Waals surface area contributed by atoms with Gasteiger partial charge in [-0.25, -0.2) is 0 Å². The van der Waals surface area contributed by atoms with Crippen molar-refractivity contribution < 1.29 is 23.8 Å². The van der Waals surface area contributed by atoms with E-state index < -0.39 is 18.0 Å². The van der Waals surface area contributed by atoms with Crippen LogP contribution in [0.3, 0.4) is 0 Å². The molecule has 0 bridgehead atoms. The van der Waals surface area contributed by atoms with Crippen molar-refractivity contribution >= 4 is 17.6 Å². The van der Waals surface area contributed by atoms with Gasteiger partial charge in [-0.3, -0.25) is 9.59 Å². The van der Waals surface area contributed by atoms with Gasteiger partial charge in [-0.1, -0.05) is 24.3 Å². The summed E-state index contributed by atoms with van der Waals surface area (Å²) in [6, 6.07) is 14.7. The van der Waals surface area contributed by atoms with Crippen molar-refractivity contribution in [3.05, 3.63) is 54.1 Å². The van der Waals surface area contributed by atoms with Crippen LogP contribution in [0.1, 0.15) is 25.3 Å². The number of amides is 1. The molecule has 27 heavy (non-hydrogen) atoms. The molecule has 2 aromatic rings.